The predicted octanol–water partition coefficient (Wildman–Crippen LogP) is 7.26. The SMILES string of the molecule is C/C(=C\C(/C=C(\C#N)N(C)c1ccccc1)Cc1ccccc1Br)c1ccccc1. The van der Waals surface area contributed by atoms with Gasteiger partial charge in [0.15, 0.2) is 0 Å². The molecule has 0 aromatic heterocycles. The van der Waals surface area contributed by atoms with Gasteiger partial charge in [0, 0.05) is 23.1 Å². The second kappa shape index (κ2) is 10.6. The Balaban J connectivity index is 1.98. The first-order valence-corrected chi connectivity index (χ1v) is 10.8. The van der Waals surface area contributed by atoms with E-state index in [2.05, 4.69) is 83.5 Å². The zero-order valence-electron chi connectivity index (χ0n) is 17.3. The molecule has 1 unspecified atom stereocenters. The maximum atomic E-state index is 9.89. The van der Waals surface area contributed by atoms with Crippen LogP contribution in [0.2, 0.25) is 0 Å². The number of halogens is 1. The lowest BCUT2D eigenvalue weighted by atomic mass is 9.94. The summed E-state index contributed by atoms with van der Waals surface area (Å²) >= 11 is 3.67. The summed E-state index contributed by atoms with van der Waals surface area (Å²) in [6.07, 6.45) is 5.13. The van der Waals surface area contributed by atoms with Crippen molar-refractivity contribution in [3.63, 3.8) is 0 Å². The second-order valence-corrected chi connectivity index (χ2v) is 8.09. The molecule has 1 atom stereocenters. The van der Waals surface area contributed by atoms with Crippen molar-refractivity contribution in [1.82, 2.24) is 0 Å². The number of nitrogens with zero attached hydrogens (tertiary/aromatic N) is 2. The van der Waals surface area contributed by atoms with Crippen LogP contribution in [0.5, 0.6) is 0 Å². The Morgan fingerprint density at radius 2 is 1.53 bits per heavy atom. The smallest absolute Gasteiger partial charge is 0.117 e. The van der Waals surface area contributed by atoms with Crippen LogP contribution < -0.4 is 4.90 Å². The normalized spacial score (nSPS) is 12.9. The van der Waals surface area contributed by atoms with Gasteiger partial charge in [0.05, 0.1) is 0 Å². The summed E-state index contributed by atoms with van der Waals surface area (Å²) in [5, 5.41) is 9.89. The quantitative estimate of drug-likeness (QED) is 0.349. The zero-order valence-corrected chi connectivity index (χ0v) is 18.9. The molecule has 0 radical (unpaired) electrons. The van der Waals surface area contributed by atoms with Crippen molar-refractivity contribution in [1.29, 1.82) is 5.26 Å². The van der Waals surface area contributed by atoms with Crippen LogP contribution in [0.3, 0.4) is 0 Å². The second-order valence-electron chi connectivity index (χ2n) is 7.23. The molecule has 150 valence electrons. The number of anilines is 1. The van der Waals surface area contributed by atoms with Gasteiger partial charge in [-0.2, -0.15) is 5.26 Å². The number of hydrogen-bond acceptors (Lipinski definition) is 2. The summed E-state index contributed by atoms with van der Waals surface area (Å²) in [6, 6.07) is 31.0. The van der Waals surface area contributed by atoms with Gasteiger partial charge in [0.25, 0.3) is 0 Å². The van der Waals surface area contributed by atoms with Crippen LogP contribution in [0.1, 0.15) is 18.1 Å². The third-order valence-electron chi connectivity index (χ3n) is 5.10. The Bertz CT molecular complexity index is 1060. The molecule has 0 saturated heterocycles. The number of allylic oxidation sites excluding steroid dienone is 4. The molecular formula is C27H25BrN2. The number of benzene rings is 3. The summed E-state index contributed by atoms with van der Waals surface area (Å²) in [6.45, 7) is 2.13. The molecule has 0 bridgehead atoms. The predicted molar refractivity (Wildman–Crippen MR) is 130 cm³/mol. The van der Waals surface area contributed by atoms with Crippen molar-refractivity contribution in [2.24, 2.45) is 5.92 Å². The van der Waals surface area contributed by atoms with Gasteiger partial charge < -0.3 is 4.90 Å². The fourth-order valence-electron chi connectivity index (χ4n) is 3.42. The lowest BCUT2D eigenvalue weighted by Crippen LogP contribution is -2.16. The van der Waals surface area contributed by atoms with Crippen LogP contribution in [0, 0.1) is 17.2 Å². The van der Waals surface area contributed by atoms with Crippen LogP contribution in [-0.4, -0.2) is 7.05 Å². The van der Waals surface area contributed by atoms with E-state index in [0.717, 1.165) is 16.6 Å². The lowest BCUT2D eigenvalue weighted by molar-refractivity contribution is 0.793. The molecule has 3 aromatic carbocycles. The Morgan fingerprint density at radius 3 is 2.17 bits per heavy atom. The monoisotopic (exact) mass is 456 g/mol. The van der Waals surface area contributed by atoms with E-state index >= 15 is 0 Å². The molecular weight excluding hydrogens is 432 g/mol. The van der Waals surface area contributed by atoms with E-state index in [-0.39, 0.29) is 5.92 Å². The van der Waals surface area contributed by atoms with Gasteiger partial charge in [-0.1, -0.05) is 88.7 Å². The number of para-hydroxylation sites is 1. The minimum Gasteiger partial charge on any atom is -0.336 e. The van der Waals surface area contributed by atoms with Crippen molar-refractivity contribution in [3.05, 3.63) is 118 Å². The molecule has 0 aliphatic heterocycles. The summed E-state index contributed by atoms with van der Waals surface area (Å²) in [4.78, 5) is 1.94. The molecule has 0 aliphatic rings. The third kappa shape index (κ3) is 5.72. The largest absolute Gasteiger partial charge is 0.336 e. The molecule has 0 saturated carbocycles. The first kappa shape index (κ1) is 21.6. The number of rotatable bonds is 7. The Morgan fingerprint density at radius 1 is 0.933 bits per heavy atom. The summed E-state index contributed by atoms with van der Waals surface area (Å²) < 4.78 is 1.09. The molecule has 0 aliphatic carbocycles. The minimum absolute atomic E-state index is 0.0738. The lowest BCUT2D eigenvalue weighted by Gasteiger charge is -2.20. The molecule has 0 fully saturated rings. The standard InChI is InChI=1S/C27H25BrN2/c1-21(23-11-5-3-6-12-23)17-22(18-24-13-9-10-16-27(24)28)19-26(20-29)30(2)25-14-7-4-8-15-25/h3-17,19,22H,18H2,1-2H3/b21-17+,26-19+. The van der Waals surface area contributed by atoms with Crippen LogP contribution in [0.15, 0.2) is 107 Å². The minimum atomic E-state index is 0.0738. The third-order valence-corrected chi connectivity index (χ3v) is 5.87. The van der Waals surface area contributed by atoms with Gasteiger partial charge in [-0.05, 0) is 54.3 Å². The molecule has 0 N–H and O–H groups in total. The van der Waals surface area contributed by atoms with E-state index < -0.39 is 0 Å². The van der Waals surface area contributed by atoms with Crippen molar-refractivity contribution >= 4 is 27.2 Å². The first-order valence-electron chi connectivity index (χ1n) is 9.96. The van der Waals surface area contributed by atoms with Crippen LogP contribution in [0.4, 0.5) is 5.69 Å². The topological polar surface area (TPSA) is 27.0 Å². The molecule has 30 heavy (non-hydrogen) atoms. The summed E-state index contributed by atoms with van der Waals surface area (Å²) in [7, 11) is 1.94. The molecule has 0 heterocycles. The van der Waals surface area contributed by atoms with E-state index in [9.17, 15) is 5.26 Å². The van der Waals surface area contributed by atoms with E-state index in [1.165, 1.54) is 16.7 Å². The van der Waals surface area contributed by atoms with Gasteiger partial charge in [-0.15, -0.1) is 0 Å². The van der Waals surface area contributed by atoms with Gasteiger partial charge >= 0.3 is 0 Å². The van der Waals surface area contributed by atoms with E-state index in [4.69, 9.17) is 0 Å². The Kier molecular flexibility index (Phi) is 7.65. The van der Waals surface area contributed by atoms with Gasteiger partial charge in [0.2, 0.25) is 0 Å². The Labute approximate surface area is 187 Å². The van der Waals surface area contributed by atoms with Crippen LogP contribution in [-0.2, 0) is 6.42 Å². The highest BCUT2D eigenvalue weighted by atomic mass is 79.9. The highest BCUT2D eigenvalue weighted by Crippen LogP contribution is 2.26. The van der Waals surface area contributed by atoms with Gasteiger partial charge in [-0.25, -0.2) is 0 Å². The van der Waals surface area contributed by atoms with Crippen LogP contribution >= 0.6 is 15.9 Å². The van der Waals surface area contributed by atoms with Crippen molar-refractivity contribution in [3.8, 4) is 6.07 Å². The fraction of sp³-hybridized carbons (Fsp3) is 0.148. The van der Waals surface area contributed by atoms with Gasteiger partial charge in [0.1, 0.15) is 11.8 Å². The molecule has 2 nitrogen and oxygen atoms in total. The van der Waals surface area contributed by atoms with Crippen LogP contribution in [0.25, 0.3) is 5.57 Å². The van der Waals surface area contributed by atoms with E-state index in [0.29, 0.717) is 5.70 Å². The molecule has 3 rings (SSSR count). The fourth-order valence-corrected chi connectivity index (χ4v) is 3.87. The van der Waals surface area contributed by atoms with Gasteiger partial charge in [-0.3, -0.25) is 0 Å². The average molecular weight is 457 g/mol. The maximum absolute atomic E-state index is 9.89. The average Bonchev–Trinajstić information content (AvgIpc) is 2.79. The number of nitriles is 1. The van der Waals surface area contributed by atoms with E-state index in [1.54, 1.807) is 0 Å². The highest BCUT2D eigenvalue weighted by molar-refractivity contribution is 9.10. The van der Waals surface area contributed by atoms with Crippen molar-refractivity contribution < 1.29 is 0 Å². The maximum Gasteiger partial charge on any atom is 0.117 e. The van der Waals surface area contributed by atoms with Crippen molar-refractivity contribution in [2.75, 3.05) is 11.9 Å². The molecule has 3 aromatic rings. The van der Waals surface area contributed by atoms with Crippen molar-refractivity contribution in [2.45, 2.75) is 13.3 Å². The first-order chi connectivity index (χ1) is 14.6. The summed E-state index contributed by atoms with van der Waals surface area (Å²) in [5.74, 6) is 0.0738. The zero-order chi connectivity index (χ0) is 21.3. The number of hydrogen-bond donors (Lipinski definition) is 0. The highest BCUT2D eigenvalue weighted by Gasteiger charge is 2.13. The Hall–Kier alpha value is -3.09. The molecule has 3 heteroatoms. The molecule has 0 amide bonds. The van der Waals surface area contributed by atoms with E-state index in [1.807, 2.05) is 54.4 Å². The summed E-state index contributed by atoms with van der Waals surface area (Å²) in [5.41, 5.74) is 5.24. The molecule has 0 spiro atoms.